The summed E-state index contributed by atoms with van der Waals surface area (Å²) in [5, 5.41) is -0.682. The van der Waals surface area contributed by atoms with Crippen molar-refractivity contribution in [2.75, 3.05) is 0 Å². The predicted molar refractivity (Wildman–Crippen MR) is 226 cm³/mol. The van der Waals surface area contributed by atoms with E-state index in [1.54, 1.807) is 6.07 Å². The molecule has 0 saturated carbocycles. The van der Waals surface area contributed by atoms with Crippen LogP contribution in [0, 0.1) is 0 Å². The summed E-state index contributed by atoms with van der Waals surface area (Å²) in [5.74, 6) is 0. The fraction of sp³-hybridized carbons (Fsp3) is 0.0189. The topological polar surface area (TPSA) is 0 Å². The highest BCUT2D eigenvalue weighted by molar-refractivity contribution is 6.24. The largest absolute Gasteiger partial charge is 0.0630 e. The number of hydrogen-bond donors (Lipinski definition) is 0. The van der Waals surface area contributed by atoms with Gasteiger partial charge in [0.2, 0.25) is 0 Å². The van der Waals surface area contributed by atoms with Crippen molar-refractivity contribution in [1.82, 2.24) is 0 Å². The minimum absolute atomic E-state index is 0.0626. The molecule has 53 heavy (non-hydrogen) atoms. The van der Waals surface area contributed by atoms with E-state index >= 15 is 0 Å². The second-order valence-corrected chi connectivity index (χ2v) is 12.9. The summed E-state index contributed by atoms with van der Waals surface area (Å²) >= 11 is 0. The van der Waals surface area contributed by atoms with Gasteiger partial charge in [0.1, 0.15) is 0 Å². The first-order valence-corrected chi connectivity index (χ1v) is 17.0. The molecule has 0 bridgehead atoms. The first-order chi connectivity index (χ1) is 34.2. The summed E-state index contributed by atoms with van der Waals surface area (Å²) in [7, 11) is 0. The Hall–Kier alpha value is -6.76. The monoisotopic (exact) mass is 689 g/mol. The van der Waals surface area contributed by atoms with E-state index in [-0.39, 0.29) is 10.9 Å². The molecule has 246 valence electrons. The van der Waals surface area contributed by atoms with Crippen LogP contribution in [-0.2, 0) is 6.42 Å². The molecule has 0 saturated heterocycles. The average molecular weight is 690 g/mol. The third-order valence-electron chi connectivity index (χ3n) is 10.2. The van der Waals surface area contributed by atoms with Crippen LogP contribution in [0.3, 0.4) is 0 Å². The molecule has 0 amide bonds. The highest BCUT2D eigenvalue weighted by Gasteiger charge is 2.23. The summed E-state index contributed by atoms with van der Waals surface area (Å²) in [6.07, 6.45) is 0.458. The lowest BCUT2D eigenvalue weighted by molar-refractivity contribution is 1.26. The Kier molecular flexibility index (Phi) is 3.76. The molecule has 1 aliphatic carbocycles. The summed E-state index contributed by atoms with van der Waals surface area (Å²) in [6.45, 7) is 0. The molecule has 10 aromatic carbocycles. The third kappa shape index (κ3) is 4.69. The molecule has 1 aliphatic rings. The smallest absolute Gasteiger partial charge is 0.0622 e. The molecular formula is C53H34. The van der Waals surface area contributed by atoms with Gasteiger partial charge in [0.25, 0.3) is 0 Å². The molecule has 0 heteroatoms. The SMILES string of the molecule is [2H]c1c([2H])c([2H])c(-c2c3c([2H])c([2H])c([2H])c([2H])c3c(-c3c([2H])c([2H])c(-c4ccc5c(c4)Cc4c(-c6ccc7ccccc7c6)cccc4-5)c4c([2H])c([2H])c([2H])c([2H])c34)c3c([2H])c([2H])c([2H])c([2H])c23)c([2H])c1[2H]. The Morgan fingerprint density at radius 1 is 0.340 bits per heavy atom. The van der Waals surface area contributed by atoms with Crippen molar-refractivity contribution in [3.63, 3.8) is 0 Å². The average Bonchev–Trinajstić information content (AvgIpc) is 3.76. The molecule has 0 atom stereocenters. The molecular weight excluding hydrogens is 637 g/mol. The summed E-state index contributed by atoms with van der Waals surface area (Å²) in [6, 6.07) is 10.7. The van der Waals surface area contributed by atoms with Crippen LogP contribution in [0.25, 0.3) is 98.7 Å². The number of benzene rings is 10. The molecule has 0 radical (unpaired) electrons. The Bertz CT molecular complexity index is 4070. The molecule has 0 heterocycles. The van der Waals surface area contributed by atoms with Gasteiger partial charge in [-0.15, -0.1) is 0 Å². The zero-order valence-corrected chi connectivity index (χ0v) is 27.7. The molecule has 0 spiro atoms. The van der Waals surface area contributed by atoms with E-state index in [0.29, 0.717) is 12.0 Å². The van der Waals surface area contributed by atoms with Crippen LogP contribution in [0.1, 0.15) is 37.2 Å². The highest BCUT2D eigenvalue weighted by Crippen LogP contribution is 2.48. The van der Waals surface area contributed by atoms with Crippen LogP contribution in [0.15, 0.2) is 194 Å². The molecule has 0 unspecified atom stereocenters. The normalized spacial score (nSPS) is 17.1. The zero-order valence-electron chi connectivity index (χ0n) is 46.7. The fourth-order valence-electron chi connectivity index (χ4n) is 7.85. The number of rotatable bonds is 4. The lowest BCUT2D eigenvalue weighted by Gasteiger charge is -2.19. The van der Waals surface area contributed by atoms with Gasteiger partial charge in [0.15, 0.2) is 0 Å². The van der Waals surface area contributed by atoms with Gasteiger partial charge in [-0.2, -0.15) is 0 Å². The van der Waals surface area contributed by atoms with Gasteiger partial charge < -0.3 is 0 Å². The number of fused-ring (bicyclic) bond motifs is 7. The maximum Gasteiger partial charge on any atom is 0.0630 e. The van der Waals surface area contributed by atoms with Crippen molar-refractivity contribution >= 4 is 43.1 Å². The van der Waals surface area contributed by atoms with Gasteiger partial charge in [0.05, 0.1) is 26.0 Å². The predicted octanol–water partition coefficient (Wildman–Crippen LogP) is 14.5. The van der Waals surface area contributed by atoms with Gasteiger partial charge in [-0.1, -0.05) is 188 Å². The Labute approximate surface area is 335 Å². The van der Waals surface area contributed by atoms with Gasteiger partial charge in [-0.3, -0.25) is 0 Å². The van der Waals surface area contributed by atoms with Crippen molar-refractivity contribution in [2.45, 2.75) is 6.42 Å². The minimum atomic E-state index is -0.857. The van der Waals surface area contributed by atoms with Crippen molar-refractivity contribution in [1.29, 1.82) is 0 Å². The van der Waals surface area contributed by atoms with E-state index in [0.717, 1.165) is 44.2 Å². The van der Waals surface area contributed by atoms with E-state index in [4.69, 9.17) is 15.1 Å². The maximum absolute atomic E-state index is 9.94. The van der Waals surface area contributed by atoms with Crippen molar-refractivity contribution in [3.8, 4) is 55.6 Å². The lowest BCUT2D eigenvalue weighted by Crippen LogP contribution is -1.92. The van der Waals surface area contributed by atoms with Crippen LogP contribution in [-0.4, -0.2) is 0 Å². The standard InChI is InChI=1S/C53H34/c1-2-14-35(15-3-1)52-46-19-8-10-21-48(46)53(49-22-11-9-20-47(49)52)50-30-29-41(43-17-6-7-18-45(43)50)38-27-28-42-39(32-38)33-51-40(23-12-24-44(42)51)37-26-25-34-13-4-5-16-36(34)31-37/h1-32H,33H2/i1D,2D,3D,6D,7D,8D,9D,10D,11D,14D,15D,17D,18D,19D,20D,21D,22D,29D,30D. The molecule has 0 nitrogen and oxygen atoms in total. The molecule has 11 rings (SSSR count). The van der Waals surface area contributed by atoms with Crippen LogP contribution >= 0.6 is 0 Å². The zero-order chi connectivity index (χ0) is 51.4. The molecule has 0 N–H and O–H groups in total. The van der Waals surface area contributed by atoms with Crippen LogP contribution < -0.4 is 0 Å². The van der Waals surface area contributed by atoms with Gasteiger partial charge in [-0.05, 0) is 122 Å². The third-order valence-corrected chi connectivity index (χ3v) is 10.2. The van der Waals surface area contributed by atoms with Crippen molar-refractivity contribution < 1.29 is 26.0 Å². The van der Waals surface area contributed by atoms with E-state index in [2.05, 4.69) is 24.3 Å². The Morgan fingerprint density at radius 3 is 1.64 bits per heavy atom. The van der Waals surface area contributed by atoms with Gasteiger partial charge in [-0.25, -0.2) is 0 Å². The Balaban J connectivity index is 1.27. The van der Waals surface area contributed by atoms with E-state index < -0.39 is 164 Å². The second kappa shape index (κ2) is 11.9. The van der Waals surface area contributed by atoms with Crippen LogP contribution in [0.2, 0.25) is 0 Å². The van der Waals surface area contributed by atoms with Crippen molar-refractivity contribution in [3.05, 3.63) is 205 Å². The molecule has 0 aliphatic heterocycles. The minimum Gasteiger partial charge on any atom is -0.0622 e. The maximum atomic E-state index is 9.94. The fourth-order valence-corrected chi connectivity index (χ4v) is 7.85. The quantitative estimate of drug-likeness (QED) is 0.161. The Morgan fingerprint density at radius 2 is 0.906 bits per heavy atom. The van der Waals surface area contributed by atoms with Gasteiger partial charge >= 0.3 is 0 Å². The first kappa shape index (κ1) is 16.7. The first-order valence-electron chi connectivity index (χ1n) is 26.5. The second-order valence-electron chi connectivity index (χ2n) is 12.9. The van der Waals surface area contributed by atoms with Crippen molar-refractivity contribution in [2.24, 2.45) is 0 Å². The van der Waals surface area contributed by atoms with E-state index in [9.17, 15) is 11.0 Å². The van der Waals surface area contributed by atoms with Gasteiger partial charge in [0, 0.05) is 0 Å². The summed E-state index contributed by atoms with van der Waals surface area (Å²) in [4.78, 5) is 0. The van der Waals surface area contributed by atoms with E-state index in [1.165, 1.54) is 0 Å². The summed E-state index contributed by atoms with van der Waals surface area (Å²) < 4.78 is 173. The lowest BCUT2D eigenvalue weighted by atomic mass is 9.83. The van der Waals surface area contributed by atoms with Crippen LogP contribution in [0.5, 0.6) is 0 Å². The molecule has 10 aromatic rings. The molecule has 0 fully saturated rings. The molecule has 0 aromatic heterocycles. The van der Waals surface area contributed by atoms with E-state index in [1.807, 2.05) is 48.5 Å². The van der Waals surface area contributed by atoms with Crippen LogP contribution in [0.4, 0.5) is 0 Å². The highest BCUT2D eigenvalue weighted by atomic mass is 14.3. The summed E-state index contributed by atoms with van der Waals surface area (Å²) in [5.41, 5.74) is 3.84. The number of hydrogen-bond acceptors (Lipinski definition) is 0.